The number of fused-ring (bicyclic) bond motifs is 2. The predicted octanol–water partition coefficient (Wildman–Crippen LogP) is 4.53. The van der Waals surface area contributed by atoms with Crippen LogP contribution < -0.4 is 15.2 Å². The van der Waals surface area contributed by atoms with E-state index in [1.54, 1.807) is 0 Å². The minimum Gasteiger partial charge on any atom is -0.493 e. The molecule has 26 heavy (non-hydrogen) atoms. The van der Waals surface area contributed by atoms with E-state index in [2.05, 4.69) is 58.2 Å². The topological polar surface area (TPSA) is 64.7 Å². The second-order valence-corrected chi connectivity index (χ2v) is 9.66. The van der Waals surface area contributed by atoms with Gasteiger partial charge in [-0.2, -0.15) is 0 Å². The first-order valence-corrected chi connectivity index (χ1v) is 10.7. The molecule has 6 heteroatoms. The minimum atomic E-state index is -0.727. The molecule has 0 aromatic heterocycles. The zero-order chi connectivity index (χ0) is 18.9. The van der Waals surface area contributed by atoms with E-state index in [4.69, 9.17) is 15.2 Å². The van der Waals surface area contributed by atoms with Gasteiger partial charge in [-0.25, -0.2) is 0 Å². The lowest BCUT2D eigenvalue weighted by Gasteiger charge is -2.32. The maximum Gasteiger partial charge on any atom is 0.125 e. The zero-order valence-corrected chi connectivity index (χ0v) is 19.2. The number of hydrogen-bond acceptors (Lipinski definition) is 4. The van der Waals surface area contributed by atoms with Crippen LogP contribution in [-0.4, -0.2) is 18.3 Å². The van der Waals surface area contributed by atoms with Crippen molar-refractivity contribution in [3.63, 3.8) is 0 Å². The van der Waals surface area contributed by atoms with Crippen molar-refractivity contribution < 1.29 is 14.6 Å². The van der Waals surface area contributed by atoms with Crippen LogP contribution in [-0.2, 0) is 11.1 Å². The molecule has 2 heterocycles. The lowest BCUT2D eigenvalue weighted by atomic mass is 9.88. The lowest BCUT2D eigenvalue weighted by Crippen LogP contribution is -2.38. The van der Waals surface area contributed by atoms with E-state index in [0.29, 0.717) is 13.0 Å². The third-order valence-corrected chi connectivity index (χ3v) is 6.15. The molecule has 3 N–H and O–H groups in total. The Kier molecular flexibility index (Phi) is 6.05. The van der Waals surface area contributed by atoms with E-state index in [9.17, 15) is 5.11 Å². The fraction of sp³-hybridized carbons (Fsp3) is 0.400. The number of ether oxygens (including phenoxy) is 2. The summed E-state index contributed by atoms with van der Waals surface area (Å²) in [5.74, 6) is 1.76. The van der Waals surface area contributed by atoms with E-state index in [-0.39, 0.29) is 5.54 Å². The van der Waals surface area contributed by atoms with Crippen molar-refractivity contribution in [3.8, 4) is 11.5 Å². The number of rotatable bonds is 0. The summed E-state index contributed by atoms with van der Waals surface area (Å²) in [5.41, 5.74) is 7.26. The van der Waals surface area contributed by atoms with Gasteiger partial charge in [-0.05, 0) is 95.4 Å². The first kappa shape index (κ1) is 20.2. The van der Waals surface area contributed by atoms with Crippen LogP contribution in [0.3, 0.4) is 0 Å². The third-order valence-electron chi connectivity index (χ3n) is 4.80. The summed E-state index contributed by atoms with van der Waals surface area (Å²) in [4.78, 5) is 0. The molecule has 0 saturated carbocycles. The second kappa shape index (κ2) is 7.81. The fourth-order valence-electron chi connectivity index (χ4n) is 3.13. The Balaban J connectivity index is 0.000000151. The van der Waals surface area contributed by atoms with Crippen LogP contribution in [0, 0.1) is 7.14 Å². The number of nitrogens with two attached hydrogens (primary N) is 1. The summed E-state index contributed by atoms with van der Waals surface area (Å²) in [6.07, 6.45) is 1.56. The molecule has 0 aliphatic carbocycles. The van der Waals surface area contributed by atoms with Gasteiger partial charge in [0.05, 0.1) is 18.8 Å². The van der Waals surface area contributed by atoms with Crippen molar-refractivity contribution in [3.05, 3.63) is 54.7 Å². The Morgan fingerprint density at radius 3 is 2.00 bits per heavy atom. The van der Waals surface area contributed by atoms with Gasteiger partial charge in [0.1, 0.15) is 11.5 Å². The molecule has 2 aliphatic rings. The van der Waals surface area contributed by atoms with E-state index >= 15 is 0 Å². The monoisotopic (exact) mass is 579 g/mol. The highest BCUT2D eigenvalue weighted by molar-refractivity contribution is 14.1. The molecule has 4 nitrogen and oxygen atoms in total. The van der Waals surface area contributed by atoms with Crippen molar-refractivity contribution in [1.82, 2.24) is 0 Å². The highest BCUT2D eigenvalue weighted by atomic mass is 127. The Hall–Kier alpha value is -0.580. The molecule has 140 valence electrons. The zero-order valence-electron chi connectivity index (χ0n) is 14.9. The molecule has 0 bridgehead atoms. The third kappa shape index (κ3) is 4.45. The minimum absolute atomic E-state index is 0.227. The van der Waals surface area contributed by atoms with Gasteiger partial charge in [-0.1, -0.05) is 0 Å². The van der Waals surface area contributed by atoms with Crippen LogP contribution in [0.2, 0.25) is 0 Å². The molecule has 2 atom stereocenters. The van der Waals surface area contributed by atoms with Crippen LogP contribution in [0.15, 0.2) is 36.4 Å². The standard InChI is InChI=1S/C10H12INO.C10H11IO2/c2*1-10(12)4-5-13-9-3-2-7(11)6-8(9)10/h2-3,6H,4-5,12H2,1H3;2-3,6,12H,4-5H2,1H3. The average molecular weight is 579 g/mol. The van der Waals surface area contributed by atoms with E-state index in [1.807, 2.05) is 37.3 Å². The van der Waals surface area contributed by atoms with Crippen LogP contribution in [0.5, 0.6) is 11.5 Å². The van der Waals surface area contributed by atoms with Gasteiger partial charge in [0.25, 0.3) is 0 Å². The van der Waals surface area contributed by atoms with Crippen molar-refractivity contribution in [2.75, 3.05) is 13.2 Å². The molecule has 2 aromatic carbocycles. The number of aliphatic hydroxyl groups is 1. The molecular formula is C20H23I2NO3. The smallest absolute Gasteiger partial charge is 0.125 e. The Bertz CT molecular complexity index is 738. The van der Waals surface area contributed by atoms with Crippen molar-refractivity contribution in [2.24, 2.45) is 5.73 Å². The average Bonchev–Trinajstić information content (AvgIpc) is 2.57. The van der Waals surface area contributed by atoms with E-state index < -0.39 is 5.60 Å². The van der Waals surface area contributed by atoms with E-state index in [0.717, 1.165) is 39.2 Å². The number of halogens is 2. The van der Waals surface area contributed by atoms with Crippen molar-refractivity contribution >= 4 is 45.2 Å². The highest BCUT2D eigenvalue weighted by Gasteiger charge is 2.31. The maximum absolute atomic E-state index is 10.1. The summed E-state index contributed by atoms with van der Waals surface area (Å²) >= 11 is 4.53. The molecular weight excluding hydrogens is 556 g/mol. The Labute approximate surface area is 181 Å². The largest absolute Gasteiger partial charge is 0.493 e. The molecule has 0 radical (unpaired) electrons. The molecule has 2 aliphatic heterocycles. The van der Waals surface area contributed by atoms with Crippen molar-refractivity contribution in [2.45, 2.75) is 37.8 Å². The molecule has 0 fully saturated rings. The maximum atomic E-state index is 10.1. The van der Waals surface area contributed by atoms with Gasteiger partial charge in [0.15, 0.2) is 0 Å². The first-order valence-electron chi connectivity index (χ1n) is 8.56. The van der Waals surface area contributed by atoms with Crippen LogP contribution in [0.4, 0.5) is 0 Å². The number of hydrogen-bond donors (Lipinski definition) is 2. The SMILES string of the molecule is CC1(N)CCOc2ccc(I)cc21.CC1(O)CCOc2ccc(I)cc21. The lowest BCUT2D eigenvalue weighted by molar-refractivity contribution is 0.0146. The van der Waals surface area contributed by atoms with Gasteiger partial charge in [-0.15, -0.1) is 0 Å². The quantitative estimate of drug-likeness (QED) is 0.451. The fourth-order valence-corrected chi connectivity index (χ4v) is 4.11. The Morgan fingerprint density at radius 1 is 0.885 bits per heavy atom. The number of benzene rings is 2. The summed E-state index contributed by atoms with van der Waals surface area (Å²) in [5, 5.41) is 10.1. The van der Waals surface area contributed by atoms with Gasteiger partial charge < -0.3 is 20.3 Å². The molecule has 2 unspecified atom stereocenters. The summed E-state index contributed by atoms with van der Waals surface area (Å²) in [6, 6.07) is 12.0. The summed E-state index contributed by atoms with van der Waals surface area (Å²) in [7, 11) is 0. The van der Waals surface area contributed by atoms with Crippen LogP contribution in [0.25, 0.3) is 0 Å². The summed E-state index contributed by atoms with van der Waals surface area (Å²) < 4.78 is 13.3. The molecule has 2 aromatic rings. The molecule has 0 spiro atoms. The van der Waals surface area contributed by atoms with E-state index in [1.165, 1.54) is 3.57 Å². The highest BCUT2D eigenvalue weighted by Crippen LogP contribution is 2.37. The normalized spacial score (nSPS) is 26.4. The predicted molar refractivity (Wildman–Crippen MR) is 120 cm³/mol. The van der Waals surface area contributed by atoms with Crippen LogP contribution >= 0.6 is 45.2 Å². The van der Waals surface area contributed by atoms with Gasteiger partial charge in [0, 0.05) is 36.6 Å². The van der Waals surface area contributed by atoms with Crippen molar-refractivity contribution in [1.29, 1.82) is 0 Å². The van der Waals surface area contributed by atoms with Crippen LogP contribution in [0.1, 0.15) is 37.8 Å². The molecule has 0 amide bonds. The van der Waals surface area contributed by atoms with Gasteiger partial charge in [0.2, 0.25) is 0 Å². The first-order chi connectivity index (χ1) is 12.2. The second-order valence-electron chi connectivity index (χ2n) is 7.17. The van der Waals surface area contributed by atoms with Gasteiger partial charge in [-0.3, -0.25) is 0 Å². The molecule has 4 rings (SSSR count). The van der Waals surface area contributed by atoms with Gasteiger partial charge >= 0.3 is 0 Å². The molecule has 0 saturated heterocycles. The Morgan fingerprint density at radius 2 is 1.38 bits per heavy atom. The summed E-state index contributed by atoms with van der Waals surface area (Å²) in [6.45, 7) is 5.22.